The number of benzene rings is 2. The maximum Gasteiger partial charge on any atom is 0.374 e. The van der Waals surface area contributed by atoms with Crippen molar-refractivity contribution in [2.45, 2.75) is 26.0 Å². The molecule has 0 saturated carbocycles. The Labute approximate surface area is 203 Å². The number of nitrogens with one attached hydrogen (secondary N) is 1. The van der Waals surface area contributed by atoms with Gasteiger partial charge in [-0.15, -0.1) is 5.10 Å². The van der Waals surface area contributed by atoms with E-state index in [2.05, 4.69) is 10.4 Å². The van der Waals surface area contributed by atoms with E-state index in [4.69, 9.17) is 16.3 Å². The molecule has 1 amide bonds. The highest BCUT2D eigenvalue weighted by atomic mass is 35.5. The van der Waals surface area contributed by atoms with Gasteiger partial charge in [0.25, 0.3) is 12.3 Å². The van der Waals surface area contributed by atoms with E-state index in [0.29, 0.717) is 9.25 Å². The maximum absolute atomic E-state index is 15.5. The summed E-state index contributed by atoms with van der Waals surface area (Å²) in [5.41, 5.74) is -3.18. The van der Waals surface area contributed by atoms with Crippen LogP contribution in [0.5, 0.6) is 5.75 Å². The van der Waals surface area contributed by atoms with Gasteiger partial charge in [-0.25, -0.2) is 31.5 Å². The molecule has 3 aromatic rings. The summed E-state index contributed by atoms with van der Waals surface area (Å²) in [4.78, 5) is 36.8. The van der Waals surface area contributed by atoms with E-state index < -0.39 is 76.9 Å². The average Bonchev–Trinajstić information content (AvgIpc) is 3.16. The number of ether oxygens (including phenoxy) is 1. The molecule has 192 valence electrons. The third kappa shape index (κ3) is 5.03. The summed E-state index contributed by atoms with van der Waals surface area (Å²) < 4.78 is 74.9. The first-order valence-electron chi connectivity index (χ1n) is 10.0. The summed E-state index contributed by atoms with van der Waals surface area (Å²) in [7, 11) is 0. The molecule has 2 aromatic carbocycles. The number of halogens is 6. The van der Waals surface area contributed by atoms with Gasteiger partial charge in [-0.3, -0.25) is 9.36 Å². The molecule has 0 radical (unpaired) electrons. The first kappa shape index (κ1) is 26.7. The fourth-order valence-electron chi connectivity index (χ4n) is 3.10. The molecular formula is C21H16ClF5N4O5. The van der Waals surface area contributed by atoms with Crippen LogP contribution < -0.4 is 15.7 Å². The van der Waals surface area contributed by atoms with Crippen molar-refractivity contribution in [3.8, 4) is 11.4 Å². The van der Waals surface area contributed by atoms with Crippen molar-refractivity contribution >= 4 is 29.2 Å². The Morgan fingerprint density at radius 3 is 2.44 bits per heavy atom. The number of carboxylic acid groups (broad SMARTS) is 1. The lowest BCUT2D eigenvalue weighted by Gasteiger charge is -2.19. The number of anilines is 1. The van der Waals surface area contributed by atoms with Gasteiger partial charge in [0.1, 0.15) is 18.2 Å². The van der Waals surface area contributed by atoms with Gasteiger partial charge in [0.05, 0.1) is 16.3 Å². The lowest BCUT2D eigenvalue weighted by molar-refractivity contribution is -0.00340. The van der Waals surface area contributed by atoms with Crippen molar-refractivity contribution in [3.63, 3.8) is 0 Å². The van der Waals surface area contributed by atoms with Gasteiger partial charge in [-0.1, -0.05) is 17.7 Å². The van der Waals surface area contributed by atoms with Crippen LogP contribution in [0.4, 0.5) is 27.6 Å². The van der Waals surface area contributed by atoms with Crippen LogP contribution in [-0.4, -0.2) is 50.5 Å². The molecule has 0 aliphatic rings. The van der Waals surface area contributed by atoms with Crippen LogP contribution in [0.1, 0.15) is 27.9 Å². The van der Waals surface area contributed by atoms with Crippen LogP contribution in [0.25, 0.3) is 5.69 Å². The fraction of sp³-hybridized carbons (Fsp3) is 0.238. The number of carboxylic acids is 1. The van der Waals surface area contributed by atoms with Gasteiger partial charge < -0.3 is 15.2 Å². The van der Waals surface area contributed by atoms with Crippen molar-refractivity contribution in [2.24, 2.45) is 0 Å². The van der Waals surface area contributed by atoms with Crippen molar-refractivity contribution in [1.82, 2.24) is 14.3 Å². The minimum Gasteiger partial charge on any atom is -0.478 e. The Bertz CT molecular complexity index is 1360. The number of para-hydroxylation sites is 1. The normalized spacial score (nSPS) is 12.0. The van der Waals surface area contributed by atoms with E-state index in [1.807, 2.05) is 0 Å². The highest BCUT2D eigenvalue weighted by molar-refractivity contribution is 6.34. The molecule has 0 aliphatic carbocycles. The van der Waals surface area contributed by atoms with E-state index in [0.717, 1.165) is 18.2 Å². The Morgan fingerprint density at radius 2 is 1.92 bits per heavy atom. The predicted molar refractivity (Wildman–Crippen MR) is 116 cm³/mol. The van der Waals surface area contributed by atoms with E-state index in [1.165, 1.54) is 19.1 Å². The molecule has 0 spiro atoms. The van der Waals surface area contributed by atoms with Gasteiger partial charge >= 0.3 is 11.7 Å². The molecule has 36 heavy (non-hydrogen) atoms. The molecule has 15 heteroatoms. The minimum absolute atomic E-state index is 0.162. The monoisotopic (exact) mass is 534 g/mol. The highest BCUT2D eigenvalue weighted by Gasteiger charge is 2.30. The molecule has 0 aliphatic heterocycles. The second-order valence-electron chi connectivity index (χ2n) is 7.04. The van der Waals surface area contributed by atoms with Crippen LogP contribution in [0.15, 0.2) is 35.1 Å². The summed E-state index contributed by atoms with van der Waals surface area (Å²) in [5.74, 6) is -7.43. The molecule has 1 atom stereocenters. The number of hydrogen-bond acceptors (Lipinski definition) is 5. The summed E-state index contributed by atoms with van der Waals surface area (Å²) in [6.07, 6.45) is -5.96. The van der Waals surface area contributed by atoms with Gasteiger partial charge in [-0.05, 0) is 31.2 Å². The quantitative estimate of drug-likeness (QED) is 0.402. The van der Waals surface area contributed by atoms with Crippen LogP contribution in [0, 0.1) is 11.6 Å². The fourth-order valence-corrected chi connectivity index (χ4v) is 3.31. The van der Waals surface area contributed by atoms with Crippen LogP contribution in [0.3, 0.4) is 0 Å². The number of amides is 1. The lowest BCUT2D eigenvalue weighted by Crippen LogP contribution is -2.30. The molecule has 3 rings (SSSR count). The predicted octanol–water partition coefficient (Wildman–Crippen LogP) is 3.92. The Hall–Kier alpha value is -3.94. The zero-order chi connectivity index (χ0) is 26.7. The topological polar surface area (TPSA) is 115 Å². The molecule has 0 unspecified atom stereocenters. The molecule has 1 heterocycles. The van der Waals surface area contributed by atoms with Gasteiger partial charge in [0.2, 0.25) is 5.82 Å². The third-order valence-corrected chi connectivity index (χ3v) is 5.14. The number of carbonyl (C=O) groups excluding carboxylic acids is 1. The van der Waals surface area contributed by atoms with Crippen LogP contribution >= 0.6 is 11.6 Å². The van der Waals surface area contributed by atoms with Gasteiger partial charge in [0.15, 0.2) is 17.7 Å². The summed E-state index contributed by atoms with van der Waals surface area (Å²) in [6.45, 7) is -0.528. The summed E-state index contributed by atoms with van der Waals surface area (Å²) >= 11 is 5.85. The number of hydrogen-bond donors (Lipinski definition) is 2. The number of carbonyl (C=O) groups is 2. The Balaban J connectivity index is 2.19. The van der Waals surface area contributed by atoms with E-state index in [9.17, 15) is 37.1 Å². The first-order chi connectivity index (χ1) is 17.0. The van der Waals surface area contributed by atoms with Crippen molar-refractivity contribution < 1.29 is 41.4 Å². The van der Waals surface area contributed by atoms with Crippen molar-refractivity contribution in [1.29, 1.82) is 0 Å². The highest BCUT2D eigenvalue weighted by Crippen LogP contribution is 2.32. The van der Waals surface area contributed by atoms with Crippen molar-refractivity contribution in [2.75, 3.05) is 12.0 Å². The zero-order valence-electron chi connectivity index (χ0n) is 18.1. The lowest BCUT2D eigenvalue weighted by atomic mass is 10.1. The summed E-state index contributed by atoms with van der Waals surface area (Å²) in [6, 6.07) is 5.05. The van der Waals surface area contributed by atoms with Crippen molar-refractivity contribution in [3.05, 3.63) is 68.9 Å². The number of aromatic nitrogens is 3. The molecule has 2 N–H and O–H groups in total. The number of aromatic carboxylic acids is 1. The van der Waals surface area contributed by atoms with Crippen LogP contribution in [-0.2, 0) is 6.54 Å². The zero-order valence-corrected chi connectivity index (χ0v) is 18.9. The summed E-state index contributed by atoms with van der Waals surface area (Å²) in [5, 5.41) is 14.6. The largest absolute Gasteiger partial charge is 0.478 e. The van der Waals surface area contributed by atoms with Gasteiger partial charge in [0, 0.05) is 6.54 Å². The third-order valence-electron chi connectivity index (χ3n) is 4.82. The smallest absolute Gasteiger partial charge is 0.374 e. The molecule has 1 aromatic heterocycles. The van der Waals surface area contributed by atoms with E-state index in [-0.39, 0.29) is 11.6 Å². The van der Waals surface area contributed by atoms with E-state index in [1.54, 1.807) is 0 Å². The number of nitrogens with zero attached hydrogens (tertiary/aromatic N) is 3. The second kappa shape index (κ2) is 10.8. The molecule has 0 bridgehead atoms. The minimum atomic E-state index is -3.45. The standard InChI is InChI=1S/C21H16ClF5N4O5/c1-2-30-18(20(33)34)29-31(21(30)35)12-7-6-9(16(14(12)25)36-13(8-23)17(26)27)19(32)28-15-10(22)4-3-5-11(15)24/h3-7,13,17H,2,8H2,1H3,(H,28,32)(H,33,34)/t13-/m0/s1. The maximum atomic E-state index is 15.5. The van der Waals surface area contributed by atoms with Crippen LogP contribution in [0.2, 0.25) is 5.02 Å². The first-order valence-corrected chi connectivity index (χ1v) is 10.4. The molecule has 0 saturated heterocycles. The van der Waals surface area contributed by atoms with E-state index >= 15 is 4.39 Å². The molecular weight excluding hydrogens is 519 g/mol. The average molecular weight is 535 g/mol. The molecule has 0 fully saturated rings. The Morgan fingerprint density at radius 1 is 1.22 bits per heavy atom. The van der Waals surface area contributed by atoms with Gasteiger partial charge in [-0.2, -0.15) is 4.68 Å². The molecule has 9 nitrogen and oxygen atoms in total. The second-order valence-corrected chi connectivity index (χ2v) is 7.45. The number of rotatable bonds is 9. The SMILES string of the molecule is CCn1c(C(=O)O)nn(-c2ccc(C(=O)Nc3c(F)cccc3Cl)c(O[C@@H](CF)C(F)F)c2F)c1=O. The number of alkyl halides is 3. The Kier molecular flexibility index (Phi) is 7.97.